The number of nitrogens with zero attached hydrogens (tertiary/aromatic N) is 1. The SMILES string of the molecule is CC(C)(CO)CNC(=O)NC1CCCN(c2ccccc2F)C1. The van der Waals surface area contributed by atoms with E-state index in [1.807, 2.05) is 24.8 Å². The highest BCUT2D eigenvalue weighted by atomic mass is 19.1. The van der Waals surface area contributed by atoms with Crippen LogP contribution in [0.2, 0.25) is 0 Å². The van der Waals surface area contributed by atoms with Gasteiger partial charge in [-0.2, -0.15) is 0 Å². The number of nitrogens with one attached hydrogen (secondary N) is 2. The second-order valence-electron chi connectivity index (χ2n) is 6.89. The minimum atomic E-state index is -0.344. The lowest BCUT2D eigenvalue weighted by molar-refractivity contribution is 0.156. The van der Waals surface area contributed by atoms with Crippen LogP contribution in [0.5, 0.6) is 0 Å². The molecule has 6 heteroatoms. The maximum atomic E-state index is 13.9. The Kier molecular flexibility index (Phi) is 5.82. The van der Waals surface area contributed by atoms with Crippen LogP contribution >= 0.6 is 0 Å². The number of hydrogen-bond donors (Lipinski definition) is 3. The zero-order valence-electron chi connectivity index (χ0n) is 13.8. The summed E-state index contributed by atoms with van der Waals surface area (Å²) in [7, 11) is 0. The molecule has 1 aliphatic rings. The third kappa shape index (κ3) is 5.10. The molecule has 1 unspecified atom stereocenters. The second kappa shape index (κ2) is 7.64. The molecular weight excluding hydrogens is 297 g/mol. The monoisotopic (exact) mass is 323 g/mol. The summed E-state index contributed by atoms with van der Waals surface area (Å²) in [6.07, 6.45) is 1.78. The van der Waals surface area contributed by atoms with Gasteiger partial charge < -0.3 is 20.6 Å². The molecule has 128 valence electrons. The molecule has 1 aromatic rings. The van der Waals surface area contributed by atoms with Crippen molar-refractivity contribution in [2.75, 3.05) is 31.1 Å². The number of piperidine rings is 1. The van der Waals surface area contributed by atoms with Crippen molar-refractivity contribution in [2.24, 2.45) is 5.41 Å². The van der Waals surface area contributed by atoms with Crippen molar-refractivity contribution in [3.63, 3.8) is 0 Å². The van der Waals surface area contributed by atoms with Gasteiger partial charge in [-0.05, 0) is 25.0 Å². The lowest BCUT2D eigenvalue weighted by Crippen LogP contribution is -2.52. The van der Waals surface area contributed by atoms with Crippen LogP contribution in [0.4, 0.5) is 14.9 Å². The van der Waals surface area contributed by atoms with Crippen molar-refractivity contribution in [1.82, 2.24) is 10.6 Å². The lowest BCUT2D eigenvalue weighted by Gasteiger charge is -2.35. The van der Waals surface area contributed by atoms with Gasteiger partial charge >= 0.3 is 6.03 Å². The minimum absolute atomic E-state index is 0.0117. The summed E-state index contributed by atoms with van der Waals surface area (Å²) in [6, 6.07) is 6.46. The Bertz CT molecular complexity index is 536. The van der Waals surface area contributed by atoms with E-state index in [2.05, 4.69) is 10.6 Å². The highest BCUT2D eigenvalue weighted by Crippen LogP contribution is 2.22. The normalized spacial score (nSPS) is 18.6. The fraction of sp³-hybridized carbons (Fsp3) is 0.588. The first-order chi connectivity index (χ1) is 10.9. The molecule has 1 atom stereocenters. The molecule has 1 aliphatic heterocycles. The maximum Gasteiger partial charge on any atom is 0.315 e. The summed E-state index contributed by atoms with van der Waals surface area (Å²) >= 11 is 0. The van der Waals surface area contributed by atoms with Gasteiger partial charge in [-0.1, -0.05) is 26.0 Å². The van der Waals surface area contributed by atoms with E-state index in [0.29, 0.717) is 18.8 Å². The zero-order chi connectivity index (χ0) is 16.9. The van der Waals surface area contributed by atoms with E-state index >= 15 is 0 Å². The third-order valence-corrected chi connectivity index (χ3v) is 4.11. The fourth-order valence-corrected chi connectivity index (χ4v) is 2.63. The van der Waals surface area contributed by atoms with Crippen molar-refractivity contribution >= 4 is 11.7 Å². The molecule has 0 saturated carbocycles. The largest absolute Gasteiger partial charge is 0.396 e. The Morgan fingerprint density at radius 2 is 2.17 bits per heavy atom. The van der Waals surface area contributed by atoms with Crippen LogP contribution in [0.25, 0.3) is 0 Å². The number of anilines is 1. The molecule has 0 bridgehead atoms. The molecule has 1 heterocycles. The quantitative estimate of drug-likeness (QED) is 0.778. The van der Waals surface area contributed by atoms with Gasteiger partial charge in [0.05, 0.1) is 5.69 Å². The Morgan fingerprint density at radius 3 is 2.87 bits per heavy atom. The van der Waals surface area contributed by atoms with Gasteiger partial charge in [0.25, 0.3) is 0 Å². The predicted octanol–water partition coefficient (Wildman–Crippen LogP) is 2.11. The molecule has 2 amide bonds. The lowest BCUT2D eigenvalue weighted by atomic mass is 9.95. The molecule has 0 radical (unpaired) electrons. The Morgan fingerprint density at radius 1 is 1.43 bits per heavy atom. The van der Waals surface area contributed by atoms with Crippen molar-refractivity contribution < 1.29 is 14.3 Å². The second-order valence-corrected chi connectivity index (χ2v) is 6.89. The number of carbonyl (C=O) groups excluding carboxylic acids is 1. The van der Waals surface area contributed by atoms with E-state index in [1.165, 1.54) is 6.07 Å². The Balaban J connectivity index is 1.87. The number of para-hydroxylation sites is 1. The first-order valence-electron chi connectivity index (χ1n) is 8.06. The number of benzene rings is 1. The topological polar surface area (TPSA) is 64.6 Å². The average molecular weight is 323 g/mol. The molecule has 0 aromatic heterocycles. The summed E-state index contributed by atoms with van der Waals surface area (Å²) in [4.78, 5) is 14.0. The van der Waals surface area contributed by atoms with E-state index in [0.717, 1.165) is 19.4 Å². The summed E-state index contributed by atoms with van der Waals surface area (Å²) < 4.78 is 13.9. The van der Waals surface area contributed by atoms with Gasteiger partial charge in [-0.3, -0.25) is 0 Å². The number of urea groups is 1. The third-order valence-electron chi connectivity index (χ3n) is 4.11. The molecule has 23 heavy (non-hydrogen) atoms. The molecule has 1 saturated heterocycles. The highest BCUT2D eigenvalue weighted by molar-refractivity contribution is 5.74. The predicted molar refractivity (Wildman–Crippen MR) is 89.0 cm³/mol. The van der Waals surface area contributed by atoms with E-state index in [1.54, 1.807) is 12.1 Å². The first kappa shape index (κ1) is 17.5. The van der Waals surface area contributed by atoms with Gasteiger partial charge in [0.2, 0.25) is 0 Å². The van der Waals surface area contributed by atoms with Gasteiger partial charge in [0, 0.05) is 37.7 Å². The van der Waals surface area contributed by atoms with Crippen molar-refractivity contribution in [3.05, 3.63) is 30.1 Å². The van der Waals surface area contributed by atoms with E-state index in [9.17, 15) is 14.3 Å². The van der Waals surface area contributed by atoms with E-state index in [4.69, 9.17) is 0 Å². The van der Waals surface area contributed by atoms with Crippen LogP contribution in [-0.2, 0) is 0 Å². The standard InChI is InChI=1S/C17H26FN3O2/c1-17(2,12-22)11-19-16(23)20-13-6-5-9-21(10-13)15-8-4-3-7-14(15)18/h3-4,7-8,13,22H,5-6,9-12H2,1-2H3,(H2,19,20,23). The molecule has 0 spiro atoms. The Hall–Kier alpha value is -1.82. The summed E-state index contributed by atoms with van der Waals surface area (Å²) in [5.41, 5.74) is 0.240. The number of aliphatic hydroxyl groups excluding tert-OH is 1. The number of halogens is 1. The van der Waals surface area contributed by atoms with Crippen LogP contribution in [-0.4, -0.2) is 43.4 Å². The average Bonchev–Trinajstić information content (AvgIpc) is 2.54. The van der Waals surface area contributed by atoms with Gasteiger partial charge in [0.1, 0.15) is 5.82 Å². The fourth-order valence-electron chi connectivity index (χ4n) is 2.63. The number of amides is 2. The number of aliphatic hydroxyl groups is 1. The van der Waals surface area contributed by atoms with Gasteiger partial charge in [0.15, 0.2) is 0 Å². The van der Waals surface area contributed by atoms with E-state index in [-0.39, 0.29) is 29.9 Å². The number of rotatable bonds is 5. The van der Waals surface area contributed by atoms with Crippen molar-refractivity contribution in [2.45, 2.75) is 32.7 Å². The zero-order valence-corrected chi connectivity index (χ0v) is 13.8. The maximum absolute atomic E-state index is 13.9. The molecular formula is C17H26FN3O2. The molecule has 1 aromatic carbocycles. The Labute approximate surface area is 136 Å². The van der Waals surface area contributed by atoms with Crippen molar-refractivity contribution in [3.8, 4) is 0 Å². The first-order valence-corrected chi connectivity index (χ1v) is 8.06. The summed E-state index contributed by atoms with van der Waals surface area (Å²) in [6.45, 7) is 5.56. The van der Waals surface area contributed by atoms with Crippen molar-refractivity contribution in [1.29, 1.82) is 0 Å². The van der Waals surface area contributed by atoms with Crippen LogP contribution in [0.15, 0.2) is 24.3 Å². The van der Waals surface area contributed by atoms with Gasteiger partial charge in [-0.25, -0.2) is 9.18 Å². The number of hydrogen-bond acceptors (Lipinski definition) is 3. The molecule has 3 N–H and O–H groups in total. The molecule has 0 aliphatic carbocycles. The summed E-state index contributed by atoms with van der Waals surface area (Å²) in [5, 5.41) is 14.9. The molecule has 2 rings (SSSR count). The minimum Gasteiger partial charge on any atom is -0.396 e. The molecule has 5 nitrogen and oxygen atoms in total. The number of carbonyl (C=O) groups is 1. The van der Waals surface area contributed by atoms with Crippen LogP contribution in [0.1, 0.15) is 26.7 Å². The van der Waals surface area contributed by atoms with E-state index < -0.39 is 0 Å². The summed E-state index contributed by atoms with van der Waals surface area (Å²) in [5.74, 6) is -0.234. The van der Waals surface area contributed by atoms with Crippen LogP contribution in [0, 0.1) is 11.2 Å². The molecule has 1 fully saturated rings. The highest BCUT2D eigenvalue weighted by Gasteiger charge is 2.24. The van der Waals surface area contributed by atoms with Gasteiger partial charge in [-0.15, -0.1) is 0 Å². The van der Waals surface area contributed by atoms with Crippen LogP contribution in [0.3, 0.4) is 0 Å². The van der Waals surface area contributed by atoms with Crippen LogP contribution < -0.4 is 15.5 Å². The smallest absolute Gasteiger partial charge is 0.315 e.